The van der Waals surface area contributed by atoms with Gasteiger partial charge >= 0.3 is 6.18 Å². The van der Waals surface area contributed by atoms with Crippen LogP contribution in [0.15, 0.2) is 11.9 Å². The molecular weight excluding hydrogens is 392 g/mol. The number of ether oxygens (including phenoxy) is 1. The quantitative estimate of drug-likeness (QED) is 0.367. The van der Waals surface area contributed by atoms with Crippen molar-refractivity contribution < 1.29 is 22.3 Å². The lowest BCUT2D eigenvalue weighted by atomic mass is 9.69. The molecule has 0 radical (unpaired) electrons. The van der Waals surface area contributed by atoms with E-state index < -0.39 is 17.9 Å². The fraction of sp³-hybridized carbons (Fsp3) is 0.920. The number of alkyl halides is 3. The van der Waals surface area contributed by atoms with Gasteiger partial charge in [-0.2, -0.15) is 13.2 Å². The zero-order valence-electron chi connectivity index (χ0n) is 18.6. The molecule has 3 rings (SSSR count). The van der Waals surface area contributed by atoms with Gasteiger partial charge in [0.05, 0.1) is 12.2 Å². The molecule has 0 amide bonds. The molecule has 0 heterocycles. The van der Waals surface area contributed by atoms with Gasteiger partial charge in [0, 0.05) is 12.5 Å². The second-order valence-electron chi connectivity index (χ2n) is 10.2. The first kappa shape index (κ1) is 24.1. The van der Waals surface area contributed by atoms with Crippen LogP contribution < -0.4 is 0 Å². The van der Waals surface area contributed by atoms with Crippen LogP contribution in [0.1, 0.15) is 96.8 Å². The summed E-state index contributed by atoms with van der Waals surface area (Å²) in [6, 6.07) is 0. The highest BCUT2D eigenvalue weighted by Gasteiger charge is 2.33. The average Bonchev–Trinajstić information content (AvgIpc) is 2.73. The van der Waals surface area contributed by atoms with Crippen molar-refractivity contribution in [1.29, 1.82) is 0 Å². The second-order valence-corrected chi connectivity index (χ2v) is 10.2. The number of allylic oxidation sites excluding steroid dienone is 2. The molecule has 30 heavy (non-hydrogen) atoms. The van der Waals surface area contributed by atoms with Crippen LogP contribution in [-0.2, 0) is 4.74 Å². The maximum Gasteiger partial charge on any atom is 0.412 e. The normalized spacial score (nSPS) is 36.6. The molecule has 0 bridgehead atoms. The van der Waals surface area contributed by atoms with Crippen LogP contribution in [0.2, 0.25) is 0 Å². The van der Waals surface area contributed by atoms with E-state index in [1.54, 1.807) is 0 Å². The average molecular weight is 433 g/mol. The van der Waals surface area contributed by atoms with Gasteiger partial charge in [-0.1, -0.05) is 32.6 Å². The lowest BCUT2D eigenvalue weighted by Crippen LogP contribution is -2.29. The highest BCUT2D eigenvalue weighted by molar-refractivity contribution is 5.03. The molecule has 0 spiro atoms. The molecule has 3 aliphatic rings. The predicted octanol–water partition coefficient (Wildman–Crippen LogP) is 8.39. The van der Waals surface area contributed by atoms with E-state index in [4.69, 9.17) is 4.74 Å². The summed E-state index contributed by atoms with van der Waals surface area (Å²) in [6.07, 6.45) is 11.2. The fourth-order valence-corrected chi connectivity index (χ4v) is 6.23. The maximum absolute atomic E-state index is 13.7. The van der Waals surface area contributed by atoms with E-state index in [1.165, 1.54) is 64.2 Å². The number of halogens is 4. The Hall–Kier alpha value is -0.580. The van der Waals surface area contributed by atoms with Crippen LogP contribution in [0.3, 0.4) is 0 Å². The Bertz CT molecular complexity index is 520. The van der Waals surface area contributed by atoms with E-state index in [9.17, 15) is 17.6 Å². The van der Waals surface area contributed by atoms with E-state index in [1.807, 2.05) is 0 Å². The molecule has 0 aromatic rings. The maximum atomic E-state index is 13.7. The SMILES string of the molecule is CCCC1CCC(C2CCC(COC3CCC(C(F)=CC(F)(F)F)CC3)CC2)CC1. The Morgan fingerprint density at radius 2 is 1.33 bits per heavy atom. The van der Waals surface area contributed by atoms with Gasteiger partial charge < -0.3 is 4.74 Å². The van der Waals surface area contributed by atoms with Crippen molar-refractivity contribution in [2.75, 3.05) is 6.61 Å². The smallest absolute Gasteiger partial charge is 0.378 e. The molecule has 0 atom stereocenters. The van der Waals surface area contributed by atoms with Crippen LogP contribution in [0.25, 0.3) is 0 Å². The van der Waals surface area contributed by atoms with E-state index in [0.29, 0.717) is 31.6 Å². The van der Waals surface area contributed by atoms with Crippen LogP contribution in [-0.4, -0.2) is 18.9 Å². The summed E-state index contributed by atoms with van der Waals surface area (Å²) in [5.74, 6) is 1.84. The third-order valence-electron chi connectivity index (χ3n) is 8.08. The Labute approximate surface area is 180 Å². The molecule has 0 saturated heterocycles. The number of hydrogen-bond donors (Lipinski definition) is 0. The molecule has 5 heteroatoms. The lowest BCUT2D eigenvalue weighted by molar-refractivity contribution is -0.0823. The summed E-state index contributed by atoms with van der Waals surface area (Å²) in [5.41, 5.74) is 0. The summed E-state index contributed by atoms with van der Waals surface area (Å²) in [4.78, 5) is 0. The Morgan fingerprint density at radius 1 is 0.800 bits per heavy atom. The van der Waals surface area contributed by atoms with Gasteiger partial charge in [0.2, 0.25) is 0 Å². The van der Waals surface area contributed by atoms with Gasteiger partial charge in [0.15, 0.2) is 0 Å². The highest BCUT2D eigenvalue weighted by Crippen LogP contribution is 2.42. The van der Waals surface area contributed by atoms with Gasteiger partial charge in [-0.05, 0) is 87.9 Å². The van der Waals surface area contributed by atoms with Gasteiger partial charge in [0.25, 0.3) is 0 Å². The van der Waals surface area contributed by atoms with E-state index in [-0.39, 0.29) is 12.2 Å². The molecule has 3 saturated carbocycles. The predicted molar refractivity (Wildman–Crippen MR) is 113 cm³/mol. The molecule has 0 aromatic heterocycles. The minimum absolute atomic E-state index is 0.0894. The highest BCUT2D eigenvalue weighted by atomic mass is 19.4. The molecule has 0 aromatic carbocycles. The Balaban J connectivity index is 1.30. The fourth-order valence-electron chi connectivity index (χ4n) is 6.23. The van der Waals surface area contributed by atoms with Crippen LogP contribution in [0.5, 0.6) is 0 Å². The summed E-state index contributed by atoms with van der Waals surface area (Å²) in [7, 11) is 0. The largest absolute Gasteiger partial charge is 0.412 e. The molecule has 0 unspecified atom stereocenters. The third kappa shape index (κ3) is 7.53. The van der Waals surface area contributed by atoms with Crippen LogP contribution in [0.4, 0.5) is 17.6 Å². The molecular formula is C25H40F4O. The number of hydrogen-bond acceptors (Lipinski definition) is 1. The van der Waals surface area contributed by atoms with Crippen molar-refractivity contribution in [3.05, 3.63) is 11.9 Å². The standard InChI is InChI=1S/C25H40F4O/c1-2-3-18-4-8-20(9-5-18)21-10-6-19(7-11-21)17-30-23-14-12-22(13-15-23)24(26)16-25(27,28)29/h16,18-23H,2-15,17H2,1H3. The molecule has 0 N–H and O–H groups in total. The second kappa shape index (κ2) is 11.3. The minimum Gasteiger partial charge on any atom is -0.378 e. The summed E-state index contributed by atoms with van der Waals surface area (Å²) in [6.45, 7) is 3.07. The van der Waals surface area contributed by atoms with E-state index >= 15 is 0 Å². The molecule has 0 aliphatic heterocycles. The van der Waals surface area contributed by atoms with Gasteiger partial charge in [-0.15, -0.1) is 0 Å². The van der Waals surface area contributed by atoms with Crippen LogP contribution in [0, 0.1) is 29.6 Å². The van der Waals surface area contributed by atoms with Crippen LogP contribution >= 0.6 is 0 Å². The lowest BCUT2D eigenvalue weighted by Gasteiger charge is -2.38. The van der Waals surface area contributed by atoms with Crippen molar-refractivity contribution in [3.63, 3.8) is 0 Å². The molecule has 174 valence electrons. The first-order chi connectivity index (χ1) is 14.3. The Morgan fingerprint density at radius 3 is 1.83 bits per heavy atom. The monoisotopic (exact) mass is 432 g/mol. The van der Waals surface area contributed by atoms with Crippen molar-refractivity contribution in [1.82, 2.24) is 0 Å². The van der Waals surface area contributed by atoms with Crippen molar-refractivity contribution in [2.24, 2.45) is 29.6 Å². The van der Waals surface area contributed by atoms with Gasteiger partial charge in [-0.25, -0.2) is 4.39 Å². The summed E-state index contributed by atoms with van der Waals surface area (Å²) >= 11 is 0. The van der Waals surface area contributed by atoms with E-state index in [2.05, 4.69) is 6.92 Å². The zero-order valence-corrected chi connectivity index (χ0v) is 18.6. The molecule has 1 nitrogen and oxygen atoms in total. The Kier molecular flexibility index (Phi) is 9.09. The van der Waals surface area contributed by atoms with Crippen molar-refractivity contribution in [3.8, 4) is 0 Å². The summed E-state index contributed by atoms with van der Waals surface area (Å²) < 4.78 is 56.8. The minimum atomic E-state index is -4.56. The van der Waals surface area contributed by atoms with E-state index in [0.717, 1.165) is 24.4 Å². The first-order valence-corrected chi connectivity index (χ1v) is 12.4. The first-order valence-electron chi connectivity index (χ1n) is 12.4. The molecule has 3 aliphatic carbocycles. The zero-order chi connectivity index (χ0) is 21.6. The summed E-state index contributed by atoms with van der Waals surface area (Å²) in [5, 5.41) is 0. The van der Waals surface area contributed by atoms with Crippen molar-refractivity contribution in [2.45, 2.75) is 109 Å². The topological polar surface area (TPSA) is 9.23 Å². The third-order valence-corrected chi connectivity index (χ3v) is 8.08. The number of rotatable bonds is 7. The molecule has 3 fully saturated rings. The van der Waals surface area contributed by atoms with Gasteiger partial charge in [0.1, 0.15) is 5.83 Å². The van der Waals surface area contributed by atoms with Gasteiger partial charge in [-0.3, -0.25) is 0 Å². The van der Waals surface area contributed by atoms with Crippen molar-refractivity contribution >= 4 is 0 Å².